The number of carbonyl (C=O) groups excluding carboxylic acids is 1. The van der Waals surface area contributed by atoms with Gasteiger partial charge in [0.2, 0.25) is 0 Å². The van der Waals surface area contributed by atoms with Gasteiger partial charge in [0, 0.05) is 12.6 Å². The molecule has 0 radical (unpaired) electrons. The van der Waals surface area contributed by atoms with E-state index < -0.39 is 5.60 Å². The summed E-state index contributed by atoms with van der Waals surface area (Å²) < 4.78 is 5.31. The third kappa shape index (κ3) is 7.67. The Bertz CT molecular complexity index is 329. The van der Waals surface area contributed by atoms with Crippen molar-refractivity contribution >= 4 is 6.09 Å². The Morgan fingerprint density at radius 3 is 2.24 bits per heavy atom. The van der Waals surface area contributed by atoms with E-state index in [0.717, 1.165) is 26.2 Å². The second-order valence-corrected chi connectivity index (χ2v) is 7.60. The van der Waals surface area contributed by atoms with Crippen LogP contribution in [0.5, 0.6) is 0 Å². The Labute approximate surface area is 129 Å². The van der Waals surface area contributed by atoms with Gasteiger partial charge in [-0.2, -0.15) is 0 Å². The minimum absolute atomic E-state index is 0.315. The molecule has 1 rings (SSSR count). The number of carbonyl (C=O) groups is 1. The van der Waals surface area contributed by atoms with E-state index in [1.165, 1.54) is 12.8 Å². The Kier molecular flexibility index (Phi) is 6.47. The molecular formula is C16H33N3O2. The molecule has 5 heteroatoms. The maximum absolute atomic E-state index is 11.8. The monoisotopic (exact) mass is 299 g/mol. The van der Waals surface area contributed by atoms with E-state index in [2.05, 4.69) is 22.5 Å². The summed E-state index contributed by atoms with van der Waals surface area (Å²) in [5.41, 5.74) is -0.773. The van der Waals surface area contributed by atoms with Crippen LogP contribution < -0.4 is 10.6 Å². The van der Waals surface area contributed by atoms with Crippen LogP contribution >= 0.6 is 0 Å². The van der Waals surface area contributed by atoms with Gasteiger partial charge in [0.05, 0.1) is 5.54 Å². The highest BCUT2D eigenvalue weighted by Gasteiger charge is 2.26. The average molecular weight is 299 g/mol. The van der Waals surface area contributed by atoms with Crippen LogP contribution in [0.15, 0.2) is 0 Å². The van der Waals surface area contributed by atoms with Gasteiger partial charge in [0.25, 0.3) is 0 Å². The lowest BCUT2D eigenvalue weighted by atomic mass is 10.0. The van der Waals surface area contributed by atoms with Gasteiger partial charge in [0.1, 0.15) is 5.60 Å². The van der Waals surface area contributed by atoms with Gasteiger partial charge in [0.15, 0.2) is 0 Å². The Balaban J connectivity index is 2.31. The van der Waals surface area contributed by atoms with Crippen LogP contribution in [0, 0.1) is 0 Å². The smallest absolute Gasteiger partial charge is 0.408 e. The second-order valence-electron chi connectivity index (χ2n) is 7.60. The van der Waals surface area contributed by atoms with Gasteiger partial charge < -0.3 is 20.3 Å². The maximum Gasteiger partial charge on any atom is 0.408 e. The molecule has 0 bridgehead atoms. The van der Waals surface area contributed by atoms with Crippen molar-refractivity contribution < 1.29 is 9.53 Å². The topological polar surface area (TPSA) is 53.6 Å². The lowest BCUT2D eigenvalue weighted by Gasteiger charge is -2.34. The summed E-state index contributed by atoms with van der Waals surface area (Å²) in [6.07, 6.45) is 2.00. The molecule has 2 N–H and O–H groups in total. The summed E-state index contributed by atoms with van der Waals surface area (Å²) in [5.74, 6) is 0. The second kappa shape index (κ2) is 7.45. The van der Waals surface area contributed by atoms with E-state index in [4.69, 9.17) is 4.74 Å². The van der Waals surface area contributed by atoms with Gasteiger partial charge >= 0.3 is 6.09 Å². The summed E-state index contributed by atoms with van der Waals surface area (Å²) in [4.78, 5) is 14.3. The van der Waals surface area contributed by atoms with Crippen LogP contribution in [0.4, 0.5) is 4.79 Å². The molecule has 1 fully saturated rings. The fourth-order valence-corrected chi connectivity index (χ4v) is 2.48. The van der Waals surface area contributed by atoms with Crippen molar-refractivity contribution in [2.75, 3.05) is 26.2 Å². The number of piperidine rings is 1. The number of likely N-dealkylation sites (tertiary alicyclic amines) is 1. The molecule has 0 aromatic carbocycles. The van der Waals surface area contributed by atoms with Crippen molar-refractivity contribution in [3.05, 3.63) is 0 Å². The summed E-state index contributed by atoms with van der Waals surface area (Å²) in [5, 5.41) is 6.52. The molecule has 5 nitrogen and oxygen atoms in total. The van der Waals surface area contributed by atoms with Crippen molar-refractivity contribution in [1.29, 1.82) is 0 Å². The summed E-state index contributed by atoms with van der Waals surface area (Å²) in [6.45, 7) is 16.1. The van der Waals surface area contributed by atoms with Crippen molar-refractivity contribution in [3.8, 4) is 0 Å². The molecule has 0 saturated carbocycles. The van der Waals surface area contributed by atoms with E-state index in [-0.39, 0.29) is 11.6 Å². The highest BCUT2D eigenvalue weighted by molar-refractivity contribution is 5.68. The molecule has 0 aromatic rings. The number of nitrogens with zero attached hydrogens (tertiary/aromatic N) is 1. The molecular weight excluding hydrogens is 266 g/mol. The first-order chi connectivity index (χ1) is 9.61. The maximum atomic E-state index is 11.8. The molecule has 0 spiro atoms. The zero-order valence-electron chi connectivity index (χ0n) is 14.6. The van der Waals surface area contributed by atoms with Crippen molar-refractivity contribution in [2.45, 2.75) is 71.6 Å². The molecule has 1 amide bonds. The number of rotatable bonds is 5. The quantitative estimate of drug-likeness (QED) is 0.818. The summed E-state index contributed by atoms with van der Waals surface area (Å²) >= 11 is 0. The van der Waals surface area contributed by atoms with Gasteiger partial charge in [-0.05, 0) is 67.1 Å². The first-order valence-corrected chi connectivity index (χ1v) is 8.08. The first kappa shape index (κ1) is 18.2. The van der Waals surface area contributed by atoms with Crippen molar-refractivity contribution in [2.24, 2.45) is 0 Å². The van der Waals surface area contributed by atoms with Crippen LogP contribution in [0.1, 0.15) is 54.4 Å². The fourth-order valence-electron chi connectivity index (χ4n) is 2.48. The molecule has 21 heavy (non-hydrogen) atoms. The molecule has 1 saturated heterocycles. The molecule has 0 unspecified atom stereocenters. The number of ether oxygens (including phenoxy) is 1. The van der Waals surface area contributed by atoms with Crippen LogP contribution in [0.25, 0.3) is 0 Å². The van der Waals surface area contributed by atoms with Crippen LogP contribution in [-0.2, 0) is 4.74 Å². The third-order valence-electron chi connectivity index (χ3n) is 3.71. The number of hydrogen-bond donors (Lipinski definition) is 2. The predicted octanol–water partition coefficient (Wildman–Crippen LogP) is 2.36. The lowest BCUT2D eigenvalue weighted by Crippen LogP contribution is -2.54. The minimum Gasteiger partial charge on any atom is -0.444 e. The average Bonchev–Trinajstić information content (AvgIpc) is 2.34. The van der Waals surface area contributed by atoms with Crippen LogP contribution in [0.2, 0.25) is 0 Å². The predicted molar refractivity (Wildman–Crippen MR) is 86.6 cm³/mol. The first-order valence-electron chi connectivity index (χ1n) is 8.08. The largest absolute Gasteiger partial charge is 0.444 e. The van der Waals surface area contributed by atoms with Crippen molar-refractivity contribution in [3.63, 3.8) is 0 Å². The van der Waals surface area contributed by atoms with E-state index in [1.807, 2.05) is 34.6 Å². The van der Waals surface area contributed by atoms with E-state index in [1.54, 1.807) is 0 Å². The minimum atomic E-state index is -0.458. The molecule has 0 aliphatic carbocycles. The molecule has 0 aromatic heterocycles. The van der Waals surface area contributed by atoms with Gasteiger partial charge in [-0.3, -0.25) is 0 Å². The van der Waals surface area contributed by atoms with Crippen LogP contribution in [0.3, 0.4) is 0 Å². The highest BCUT2D eigenvalue weighted by Crippen LogP contribution is 2.12. The Hall–Kier alpha value is -0.810. The highest BCUT2D eigenvalue weighted by atomic mass is 16.6. The molecule has 1 aliphatic heterocycles. The Morgan fingerprint density at radius 1 is 1.19 bits per heavy atom. The molecule has 1 heterocycles. The third-order valence-corrected chi connectivity index (χ3v) is 3.71. The van der Waals surface area contributed by atoms with Gasteiger partial charge in [-0.25, -0.2) is 4.79 Å². The van der Waals surface area contributed by atoms with Crippen LogP contribution in [-0.4, -0.2) is 54.4 Å². The summed E-state index contributed by atoms with van der Waals surface area (Å²) in [7, 11) is 0. The fraction of sp³-hybridized carbons (Fsp3) is 0.938. The lowest BCUT2D eigenvalue weighted by molar-refractivity contribution is 0.0469. The molecule has 124 valence electrons. The molecule has 1 aliphatic rings. The standard InChI is InChI=1S/C16H33N3O2/c1-7-19-10-8-13(9-11-19)17-12-16(5,6)18-14(20)21-15(2,3)4/h13,17H,7-12H2,1-6H3,(H,18,20). The normalized spacial score (nSPS) is 18.6. The van der Waals surface area contributed by atoms with Gasteiger partial charge in [-0.15, -0.1) is 0 Å². The van der Waals surface area contributed by atoms with Gasteiger partial charge in [-0.1, -0.05) is 6.92 Å². The van der Waals surface area contributed by atoms with E-state index in [0.29, 0.717) is 6.04 Å². The number of alkyl carbamates (subject to hydrolysis) is 1. The van der Waals surface area contributed by atoms with Crippen molar-refractivity contribution in [1.82, 2.24) is 15.5 Å². The molecule has 0 atom stereocenters. The van der Waals surface area contributed by atoms with E-state index >= 15 is 0 Å². The number of nitrogens with one attached hydrogen (secondary N) is 2. The zero-order valence-corrected chi connectivity index (χ0v) is 14.6. The SMILES string of the molecule is CCN1CCC(NCC(C)(C)NC(=O)OC(C)(C)C)CC1. The number of amides is 1. The zero-order chi connectivity index (χ0) is 16.1. The Morgan fingerprint density at radius 2 is 1.76 bits per heavy atom. The number of hydrogen-bond acceptors (Lipinski definition) is 4. The summed E-state index contributed by atoms with van der Waals surface area (Å²) in [6, 6.07) is 0.549. The van der Waals surface area contributed by atoms with E-state index in [9.17, 15) is 4.79 Å².